The quantitative estimate of drug-likeness (QED) is 0.539. The fraction of sp³-hybridized carbons (Fsp3) is 0.519. The summed E-state index contributed by atoms with van der Waals surface area (Å²) in [6, 6.07) is 3.87. The second-order valence-corrected chi connectivity index (χ2v) is 12.1. The number of piperidine rings is 1. The molecule has 1 aromatic carbocycles. The van der Waals surface area contributed by atoms with Crippen LogP contribution in [0.5, 0.6) is 5.75 Å². The molecule has 5 fully saturated rings. The zero-order valence-electron chi connectivity index (χ0n) is 20.3. The largest absolute Gasteiger partial charge is 0.486 e. The molecule has 3 unspecified atom stereocenters. The summed E-state index contributed by atoms with van der Waals surface area (Å²) in [5, 5.41) is 8.93. The molecule has 3 atom stereocenters. The molecule has 2 aliphatic heterocycles. The van der Waals surface area contributed by atoms with Crippen LogP contribution < -0.4 is 15.4 Å². The number of carbonyl (C=O) groups excluding carboxylic acids is 4. The summed E-state index contributed by atoms with van der Waals surface area (Å²) in [5.74, 6) is 0.759. The van der Waals surface area contributed by atoms with Gasteiger partial charge in [0, 0.05) is 23.9 Å². The minimum atomic E-state index is -1.00. The molecular weight excluding hydrogens is 492 g/mol. The van der Waals surface area contributed by atoms with Gasteiger partial charge in [-0.05, 0) is 68.4 Å². The van der Waals surface area contributed by atoms with E-state index in [0.29, 0.717) is 11.3 Å². The van der Waals surface area contributed by atoms with E-state index in [-0.39, 0.29) is 30.6 Å². The van der Waals surface area contributed by atoms with Crippen molar-refractivity contribution in [1.82, 2.24) is 20.5 Å². The molecule has 192 valence electrons. The van der Waals surface area contributed by atoms with E-state index in [2.05, 4.69) is 16.0 Å². The first-order valence-corrected chi connectivity index (χ1v) is 13.9. The van der Waals surface area contributed by atoms with Crippen molar-refractivity contribution in [3.8, 4) is 5.75 Å². The number of rotatable bonds is 7. The Morgan fingerprint density at radius 2 is 1.92 bits per heavy atom. The van der Waals surface area contributed by atoms with Crippen molar-refractivity contribution in [2.45, 2.75) is 69.7 Å². The minimum Gasteiger partial charge on any atom is -0.486 e. The van der Waals surface area contributed by atoms with Crippen LogP contribution in [0.2, 0.25) is 0 Å². The molecule has 37 heavy (non-hydrogen) atoms. The van der Waals surface area contributed by atoms with Crippen LogP contribution in [0.25, 0.3) is 0 Å². The first-order valence-electron chi connectivity index (χ1n) is 13.1. The first kappa shape index (κ1) is 23.0. The Kier molecular flexibility index (Phi) is 5.27. The van der Waals surface area contributed by atoms with E-state index in [0.717, 1.165) is 39.9 Å². The number of imide groups is 2. The minimum absolute atomic E-state index is 0.0807. The van der Waals surface area contributed by atoms with Crippen molar-refractivity contribution in [2.24, 2.45) is 17.8 Å². The second kappa shape index (κ2) is 8.46. The van der Waals surface area contributed by atoms with Gasteiger partial charge in [-0.15, -0.1) is 11.3 Å². The molecule has 9 nitrogen and oxygen atoms in total. The Labute approximate surface area is 218 Å². The van der Waals surface area contributed by atoms with Crippen molar-refractivity contribution < 1.29 is 23.9 Å². The third kappa shape index (κ3) is 3.72. The van der Waals surface area contributed by atoms with E-state index in [9.17, 15) is 19.2 Å². The van der Waals surface area contributed by atoms with Crippen molar-refractivity contribution in [3.63, 3.8) is 0 Å². The Hall–Kier alpha value is -3.11. The van der Waals surface area contributed by atoms with Gasteiger partial charge >= 0.3 is 0 Å². The van der Waals surface area contributed by atoms with Crippen LogP contribution in [0, 0.1) is 17.8 Å². The van der Waals surface area contributed by atoms with Crippen LogP contribution in [0.15, 0.2) is 23.6 Å². The average Bonchev–Trinajstić information content (AvgIpc) is 3.57. The maximum absolute atomic E-state index is 13.2. The first-order chi connectivity index (χ1) is 17.9. The van der Waals surface area contributed by atoms with E-state index >= 15 is 0 Å². The molecule has 4 saturated carbocycles. The van der Waals surface area contributed by atoms with E-state index < -0.39 is 29.7 Å². The Morgan fingerprint density at radius 1 is 1.11 bits per heavy atom. The van der Waals surface area contributed by atoms with E-state index in [1.807, 2.05) is 0 Å². The summed E-state index contributed by atoms with van der Waals surface area (Å²) in [6.07, 6.45) is 6.97. The smallest absolute Gasteiger partial charge is 0.266 e. The van der Waals surface area contributed by atoms with E-state index in [1.54, 1.807) is 18.2 Å². The molecule has 2 N–H and O–H groups in total. The molecule has 1 aromatic heterocycles. The van der Waals surface area contributed by atoms with Crippen LogP contribution in [0.3, 0.4) is 0 Å². The zero-order chi connectivity index (χ0) is 25.3. The molecule has 2 aromatic rings. The van der Waals surface area contributed by atoms with Crippen molar-refractivity contribution in [3.05, 3.63) is 45.4 Å². The van der Waals surface area contributed by atoms with Gasteiger partial charge in [0.2, 0.25) is 11.8 Å². The summed E-state index contributed by atoms with van der Waals surface area (Å²) < 4.78 is 5.99. The van der Waals surface area contributed by atoms with Crippen molar-refractivity contribution in [1.29, 1.82) is 0 Å². The molecule has 8 rings (SSSR count). The molecular formula is C27H28N4O5S. The van der Waals surface area contributed by atoms with Crippen LogP contribution in [-0.2, 0) is 22.7 Å². The number of nitrogens with zero attached hydrogens (tertiary/aromatic N) is 2. The number of carbonyl (C=O) groups is 4. The molecule has 4 aliphatic carbocycles. The van der Waals surface area contributed by atoms with Crippen LogP contribution >= 0.6 is 11.3 Å². The monoisotopic (exact) mass is 520 g/mol. The summed E-state index contributed by atoms with van der Waals surface area (Å²) in [7, 11) is 0. The number of aromatic nitrogens is 1. The molecule has 3 heterocycles. The maximum atomic E-state index is 13.2. The molecule has 6 aliphatic rings. The highest BCUT2D eigenvalue weighted by Crippen LogP contribution is 2.60. The number of ether oxygens (including phenoxy) is 1. The molecule has 1 saturated heterocycles. The number of amides is 4. The van der Waals surface area contributed by atoms with Crippen LogP contribution in [0.1, 0.15) is 76.4 Å². The molecule has 4 bridgehead atoms. The number of hydrogen-bond acceptors (Lipinski definition) is 8. The van der Waals surface area contributed by atoms with Gasteiger partial charge in [0.15, 0.2) is 0 Å². The zero-order valence-corrected chi connectivity index (χ0v) is 21.1. The van der Waals surface area contributed by atoms with Gasteiger partial charge in [-0.25, -0.2) is 4.98 Å². The van der Waals surface area contributed by atoms with Gasteiger partial charge in [-0.1, -0.05) is 6.07 Å². The Balaban J connectivity index is 1.02. The fourth-order valence-electron chi connectivity index (χ4n) is 7.59. The number of benzene rings is 1. The predicted octanol–water partition coefficient (Wildman–Crippen LogP) is 2.79. The highest BCUT2D eigenvalue weighted by Gasteiger charge is 2.57. The standard InChI is InChI=1S/C27H28N4O5S/c32-21-5-4-19(24(33)30-21)31-25(34)18-2-1-3-20(23(18)26(31)35)36-12-22-29-17(13-37-22)11-28-27-9-14-6-15(10-27)8-16(27)7-14/h1-3,13-16,19,28H,4-12H2,(H,30,32,33). The number of fused-ring (bicyclic) bond motifs is 1. The molecule has 0 spiro atoms. The molecule has 10 heteroatoms. The van der Waals surface area contributed by atoms with Gasteiger partial charge in [0.05, 0.1) is 16.8 Å². The average molecular weight is 521 g/mol. The summed E-state index contributed by atoms with van der Waals surface area (Å²) in [6.45, 7) is 0.931. The normalized spacial score (nSPS) is 31.8. The lowest BCUT2D eigenvalue weighted by Gasteiger charge is -2.34. The van der Waals surface area contributed by atoms with Gasteiger partial charge in [0.25, 0.3) is 11.8 Å². The third-order valence-corrected chi connectivity index (χ3v) is 9.86. The van der Waals surface area contributed by atoms with Crippen molar-refractivity contribution >= 4 is 35.0 Å². The molecule has 4 amide bonds. The maximum Gasteiger partial charge on any atom is 0.266 e. The number of nitrogens with one attached hydrogen (secondary N) is 2. The highest BCUT2D eigenvalue weighted by atomic mass is 32.1. The number of thiazole rings is 1. The van der Waals surface area contributed by atoms with E-state index in [4.69, 9.17) is 9.72 Å². The summed E-state index contributed by atoms with van der Waals surface area (Å²) in [4.78, 5) is 55.8. The van der Waals surface area contributed by atoms with E-state index in [1.165, 1.54) is 43.4 Å². The van der Waals surface area contributed by atoms with Crippen molar-refractivity contribution in [2.75, 3.05) is 0 Å². The lowest BCUT2D eigenvalue weighted by molar-refractivity contribution is -0.136. The van der Waals surface area contributed by atoms with Crippen LogP contribution in [0.4, 0.5) is 0 Å². The fourth-order valence-corrected chi connectivity index (χ4v) is 8.30. The van der Waals surface area contributed by atoms with Gasteiger partial charge in [-0.2, -0.15) is 0 Å². The Bertz CT molecular complexity index is 1320. The predicted molar refractivity (Wildman–Crippen MR) is 133 cm³/mol. The number of hydrogen-bond donors (Lipinski definition) is 2. The molecule has 0 radical (unpaired) electrons. The van der Waals surface area contributed by atoms with Gasteiger partial charge in [0.1, 0.15) is 23.4 Å². The summed E-state index contributed by atoms with van der Waals surface area (Å²) in [5.41, 5.74) is 1.66. The third-order valence-electron chi connectivity index (χ3n) is 8.99. The van der Waals surface area contributed by atoms with Gasteiger partial charge in [-0.3, -0.25) is 29.4 Å². The van der Waals surface area contributed by atoms with Crippen LogP contribution in [-0.4, -0.2) is 45.1 Å². The van der Waals surface area contributed by atoms with Gasteiger partial charge < -0.3 is 10.1 Å². The lowest BCUT2D eigenvalue weighted by Crippen LogP contribution is -2.54. The Morgan fingerprint density at radius 3 is 2.70 bits per heavy atom. The topological polar surface area (TPSA) is 118 Å². The SMILES string of the molecule is O=C1CCC(N2C(=O)c3cccc(OCc4nc(CNC56CC7CC(CC5C7)C6)cs4)c3C2=O)C(=O)N1. The second-order valence-electron chi connectivity index (χ2n) is 11.2. The summed E-state index contributed by atoms with van der Waals surface area (Å²) >= 11 is 1.52. The lowest BCUT2D eigenvalue weighted by atomic mass is 9.80. The highest BCUT2D eigenvalue weighted by molar-refractivity contribution is 7.09.